The maximum absolute atomic E-state index is 11.5. The molecule has 2 aromatic rings. The highest BCUT2D eigenvalue weighted by Crippen LogP contribution is 2.11. The lowest BCUT2D eigenvalue weighted by atomic mass is 10.2. The molecule has 21 heavy (non-hydrogen) atoms. The lowest BCUT2D eigenvalue weighted by Gasteiger charge is -2.07. The molecule has 7 heteroatoms. The number of anilines is 1. The van der Waals surface area contributed by atoms with Gasteiger partial charge in [-0.15, -0.1) is 10.2 Å². The van der Waals surface area contributed by atoms with Crippen molar-refractivity contribution in [3.63, 3.8) is 0 Å². The number of ether oxygens (including phenoxy) is 1. The average molecular weight is 306 g/mol. The lowest BCUT2D eigenvalue weighted by molar-refractivity contribution is 0.251. The van der Waals surface area contributed by atoms with Crippen molar-refractivity contribution >= 4 is 22.5 Å². The van der Waals surface area contributed by atoms with E-state index in [1.165, 1.54) is 16.9 Å². The predicted molar refractivity (Wildman–Crippen MR) is 82.8 cm³/mol. The molecule has 0 aliphatic carbocycles. The summed E-state index contributed by atoms with van der Waals surface area (Å²) >= 11 is 1.28. The molecular weight excluding hydrogens is 288 g/mol. The van der Waals surface area contributed by atoms with Gasteiger partial charge in [-0.1, -0.05) is 29.0 Å². The monoisotopic (exact) mass is 306 g/mol. The Morgan fingerprint density at radius 1 is 1.29 bits per heavy atom. The minimum atomic E-state index is -0.258. The molecule has 0 fully saturated rings. The second-order valence-electron chi connectivity index (χ2n) is 4.49. The van der Waals surface area contributed by atoms with E-state index in [-0.39, 0.29) is 6.03 Å². The third kappa shape index (κ3) is 5.78. The van der Waals surface area contributed by atoms with Crippen molar-refractivity contribution in [3.05, 3.63) is 35.3 Å². The number of hydrogen-bond acceptors (Lipinski definition) is 5. The van der Waals surface area contributed by atoms with Crippen molar-refractivity contribution in [2.75, 3.05) is 18.5 Å². The first-order valence-electron chi connectivity index (χ1n) is 6.74. The van der Waals surface area contributed by atoms with Crippen LogP contribution < -0.4 is 15.4 Å². The van der Waals surface area contributed by atoms with E-state index in [1.807, 2.05) is 31.2 Å². The van der Waals surface area contributed by atoms with Gasteiger partial charge in [0, 0.05) is 6.54 Å². The van der Waals surface area contributed by atoms with Gasteiger partial charge in [0.25, 0.3) is 0 Å². The Balaban J connectivity index is 1.52. The van der Waals surface area contributed by atoms with Crippen molar-refractivity contribution < 1.29 is 9.53 Å². The van der Waals surface area contributed by atoms with Crippen molar-refractivity contribution in [1.29, 1.82) is 0 Å². The SMILES string of the molecule is Cc1ccc(OCCCCNC(=O)Nc2nncs2)cc1. The Morgan fingerprint density at radius 3 is 2.81 bits per heavy atom. The van der Waals surface area contributed by atoms with Crippen molar-refractivity contribution in [2.45, 2.75) is 19.8 Å². The Kier molecular flexibility index (Phi) is 5.96. The number of aryl methyl sites for hydroxylation is 1. The highest BCUT2D eigenvalue weighted by atomic mass is 32.1. The summed E-state index contributed by atoms with van der Waals surface area (Å²) in [6, 6.07) is 7.71. The topological polar surface area (TPSA) is 76.1 Å². The second-order valence-corrected chi connectivity index (χ2v) is 5.33. The van der Waals surface area contributed by atoms with Crippen LogP contribution in [0.2, 0.25) is 0 Å². The summed E-state index contributed by atoms with van der Waals surface area (Å²) in [7, 11) is 0. The number of urea groups is 1. The van der Waals surface area contributed by atoms with E-state index >= 15 is 0 Å². The molecule has 2 amide bonds. The van der Waals surface area contributed by atoms with Crippen LogP contribution in [0.3, 0.4) is 0 Å². The van der Waals surface area contributed by atoms with E-state index < -0.39 is 0 Å². The molecule has 112 valence electrons. The fourth-order valence-electron chi connectivity index (χ4n) is 1.62. The lowest BCUT2D eigenvalue weighted by Crippen LogP contribution is -2.29. The molecule has 1 aromatic carbocycles. The molecule has 6 nitrogen and oxygen atoms in total. The minimum Gasteiger partial charge on any atom is -0.494 e. The van der Waals surface area contributed by atoms with Crippen molar-refractivity contribution in [2.24, 2.45) is 0 Å². The molecule has 2 rings (SSSR count). The number of carbonyl (C=O) groups is 1. The van der Waals surface area contributed by atoms with E-state index in [4.69, 9.17) is 4.74 Å². The fourth-order valence-corrected chi connectivity index (χ4v) is 2.06. The smallest absolute Gasteiger partial charge is 0.321 e. The molecule has 0 radical (unpaired) electrons. The first-order valence-corrected chi connectivity index (χ1v) is 7.62. The van der Waals surface area contributed by atoms with Crippen molar-refractivity contribution in [1.82, 2.24) is 15.5 Å². The highest BCUT2D eigenvalue weighted by molar-refractivity contribution is 7.13. The molecule has 2 N–H and O–H groups in total. The van der Waals surface area contributed by atoms with Crippen LogP contribution in [0.15, 0.2) is 29.8 Å². The van der Waals surface area contributed by atoms with Gasteiger partial charge in [-0.3, -0.25) is 5.32 Å². The van der Waals surface area contributed by atoms with Gasteiger partial charge in [0.15, 0.2) is 0 Å². The highest BCUT2D eigenvalue weighted by Gasteiger charge is 2.02. The molecule has 0 bridgehead atoms. The Morgan fingerprint density at radius 2 is 2.10 bits per heavy atom. The first kappa shape index (κ1) is 15.2. The molecule has 0 aliphatic rings. The zero-order valence-electron chi connectivity index (χ0n) is 11.8. The number of nitrogens with one attached hydrogen (secondary N) is 2. The normalized spacial score (nSPS) is 10.1. The third-order valence-electron chi connectivity index (χ3n) is 2.73. The Hall–Kier alpha value is -2.15. The predicted octanol–water partition coefficient (Wildman–Crippen LogP) is 2.83. The molecule has 1 aromatic heterocycles. The maximum Gasteiger partial charge on any atom is 0.321 e. The van der Waals surface area contributed by atoms with E-state index in [0.29, 0.717) is 18.3 Å². The van der Waals surface area contributed by atoms with Gasteiger partial charge in [-0.25, -0.2) is 4.79 Å². The number of unbranched alkanes of at least 4 members (excludes halogenated alkanes) is 1. The number of benzene rings is 1. The molecule has 0 atom stereocenters. The van der Waals surface area contributed by atoms with Crippen LogP contribution in [-0.2, 0) is 0 Å². The number of carbonyl (C=O) groups excluding carboxylic acids is 1. The summed E-state index contributed by atoms with van der Waals surface area (Å²) in [5.74, 6) is 0.877. The number of hydrogen-bond donors (Lipinski definition) is 2. The molecule has 0 saturated carbocycles. The fraction of sp³-hybridized carbons (Fsp3) is 0.357. The van der Waals surface area contributed by atoms with E-state index in [1.54, 1.807) is 5.51 Å². The summed E-state index contributed by atoms with van der Waals surface area (Å²) in [6.07, 6.45) is 1.74. The maximum atomic E-state index is 11.5. The van der Waals surface area contributed by atoms with E-state index in [0.717, 1.165) is 18.6 Å². The van der Waals surface area contributed by atoms with Gasteiger partial charge in [-0.2, -0.15) is 0 Å². The number of amides is 2. The molecule has 1 heterocycles. The van der Waals surface area contributed by atoms with Crippen LogP contribution in [0.25, 0.3) is 0 Å². The summed E-state index contributed by atoms with van der Waals surface area (Å²) < 4.78 is 5.61. The summed E-state index contributed by atoms with van der Waals surface area (Å²) in [6.45, 7) is 3.28. The summed E-state index contributed by atoms with van der Waals surface area (Å²) in [5.41, 5.74) is 2.78. The standard InChI is InChI=1S/C14H18N4O2S/c1-11-4-6-12(7-5-11)20-9-3-2-8-15-13(19)17-14-18-16-10-21-14/h4-7,10H,2-3,8-9H2,1H3,(H2,15,17,18,19). The van der Waals surface area contributed by atoms with Gasteiger partial charge >= 0.3 is 6.03 Å². The number of nitrogens with zero attached hydrogens (tertiary/aromatic N) is 2. The number of rotatable bonds is 7. The second kappa shape index (κ2) is 8.21. The van der Waals surface area contributed by atoms with Gasteiger partial charge in [0.1, 0.15) is 11.3 Å². The largest absolute Gasteiger partial charge is 0.494 e. The average Bonchev–Trinajstić information content (AvgIpc) is 2.97. The molecule has 0 aliphatic heterocycles. The van der Waals surface area contributed by atoms with E-state index in [2.05, 4.69) is 20.8 Å². The van der Waals surface area contributed by atoms with Gasteiger partial charge in [-0.05, 0) is 31.9 Å². The van der Waals surface area contributed by atoms with Crippen LogP contribution in [0.5, 0.6) is 5.75 Å². The van der Waals surface area contributed by atoms with E-state index in [9.17, 15) is 4.79 Å². The third-order valence-corrected chi connectivity index (χ3v) is 3.33. The van der Waals surface area contributed by atoms with Crippen molar-refractivity contribution in [3.8, 4) is 5.75 Å². The first-order chi connectivity index (χ1) is 10.2. The zero-order chi connectivity index (χ0) is 14.9. The molecule has 0 unspecified atom stereocenters. The summed E-state index contributed by atoms with van der Waals surface area (Å²) in [4.78, 5) is 11.5. The molecular formula is C14H18N4O2S. The Bertz CT molecular complexity index is 543. The summed E-state index contributed by atoms with van der Waals surface area (Å²) in [5, 5.41) is 13.2. The Labute approximate surface area is 127 Å². The van der Waals surface area contributed by atoms with Crippen LogP contribution in [-0.4, -0.2) is 29.4 Å². The molecule has 0 spiro atoms. The molecule has 0 saturated heterocycles. The van der Waals surface area contributed by atoms with Gasteiger partial charge < -0.3 is 10.1 Å². The number of aromatic nitrogens is 2. The zero-order valence-corrected chi connectivity index (χ0v) is 12.7. The van der Waals surface area contributed by atoms with Gasteiger partial charge in [0.2, 0.25) is 5.13 Å². The van der Waals surface area contributed by atoms with Gasteiger partial charge in [0.05, 0.1) is 6.61 Å². The minimum absolute atomic E-state index is 0.258. The quantitative estimate of drug-likeness (QED) is 0.771. The van der Waals surface area contributed by atoms with Crippen LogP contribution in [0.1, 0.15) is 18.4 Å². The van der Waals surface area contributed by atoms with Crippen LogP contribution in [0, 0.1) is 6.92 Å². The van der Waals surface area contributed by atoms with Crippen LogP contribution in [0.4, 0.5) is 9.93 Å². The van der Waals surface area contributed by atoms with Crippen LogP contribution >= 0.6 is 11.3 Å².